The summed E-state index contributed by atoms with van der Waals surface area (Å²) in [6, 6.07) is 4.50. The highest BCUT2D eigenvalue weighted by Gasteiger charge is 2.21. The van der Waals surface area contributed by atoms with Gasteiger partial charge in [-0.05, 0) is 45.4 Å². The van der Waals surface area contributed by atoms with E-state index < -0.39 is 0 Å². The largest absolute Gasteiger partial charge is 0.379 e. The fraction of sp³-hybridized carbons (Fsp3) is 0.615. The maximum absolute atomic E-state index is 5.45. The summed E-state index contributed by atoms with van der Waals surface area (Å²) < 4.78 is 5.45. The highest BCUT2D eigenvalue weighted by atomic mass is 16.5. The SMILES string of the molecule is CNC(Cc1cccnc1)CC(C)(C)OC. The number of hydrogen-bond acceptors (Lipinski definition) is 3. The van der Waals surface area contributed by atoms with E-state index in [9.17, 15) is 0 Å². The lowest BCUT2D eigenvalue weighted by Gasteiger charge is -2.28. The lowest BCUT2D eigenvalue weighted by Crippen LogP contribution is -2.37. The van der Waals surface area contributed by atoms with Crippen LogP contribution in [0.3, 0.4) is 0 Å². The molecule has 1 unspecified atom stereocenters. The fourth-order valence-electron chi connectivity index (χ4n) is 1.76. The van der Waals surface area contributed by atoms with E-state index in [4.69, 9.17) is 4.74 Å². The molecule has 3 heteroatoms. The summed E-state index contributed by atoms with van der Waals surface area (Å²) >= 11 is 0. The zero-order valence-corrected chi connectivity index (χ0v) is 10.7. The number of ether oxygens (including phenoxy) is 1. The second-order valence-electron chi connectivity index (χ2n) is 4.72. The normalized spacial score (nSPS) is 13.8. The van der Waals surface area contributed by atoms with Crippen LogP contribution in [0.2, 0.25) is 0 Å². The summed E-state index contributed by atoms with van der Waals surface area (Å²) in [6.45, 7) is 4.22. The van der Waals surface area contributed by atoms with Crippen LogP contribution in [0.1, 0.15) is 25.8 Å². The molecule has 16 heavy (non-hydrogen) atoms. The third-order valence-electron chi connectivity index (χ3n) is 2.90. The summed E-state index contributed by atoms with van der Waals surface area (Å²) in [5.41, 5.74) is 1.17. The number of methoxy groups -OCH3 is 1. The van der Waals surface area contributed by atoms with E-state index in [2.05, 4.69) is 30.2 Å². The van der Waals surface area contributed by atoms with E-state index >= 15 is 0 Å². The zero-order valence-electron chi connectivity index (χ0n) is 10.7. The Hall–Kier alpha value is -0.930. The van der Waals surface area contributed by atoms with E-state index in [1.165, 1.54) is 5.56 Å². The Balaban J connectivity index is 2.56. The maximum atomic E-state index is 5.45. The average molecular weight is 222 g/mol. The van der Waals surface area contributed by atoms with Crippen molar-refractivity contribution in [1.29, 1.82) is 0 Å². The van der Waals surface area contributed by atoms with Gasteiger partial charge in [0.2, 0.25) is 0 Å². The van der Waals surface area contributed by atoms with Gasteiger partial charge < -0.3 is 10.1 Å². The van der Waals surface area contributed by atoms with Gasteiger partial charge in [0.05, 0.1) is 5.60 Å². The number of nitrogens with zero attached hydrogens (tertiary/aromatic N) is 1. The van der Waals surface area contributed by atoms with Gasteiger partial charge >= 0.3 is 0 Å². The van der Waals surface area contributed by atoms with Crippen LogP contribution in [0.25, 0.3) is 0 Å². The van der Waals surface area contributed by atoms with Gasteiger partial charge in [0.25, 0.3) is 0 Å². The second kappa shape index (κ2) is 5.97. The summed E-state index contributed by atoms with van der Waals surface area (Å²) in [6.07, 6.45) is 5.69. The molecule has 1 N–H and O–H groups in total. The Kier molecular flexibility index (Phi) is 4.90. The molecule has 3 nitrogen and oxygen atoms in total. The highest BCUT2D eigenvalue weighted by molar-refractivity contribution is 5.10. The maximum Gasteiger partial charge on any atom is 0.0637 e. The molecule has 0 aliphatic heterocycles. The predicted molar refractivity (Wildman–Crippen MR) is 66.5 cm³/mol. The first kappa shape index (κ1) is 13.1. The molecule has 1 aromatic heterocycles. The third kappa shape index (κ3) is 4.29. The average Bonchev–Trinajstić information content (AvgIpc) is 2.29. The predicted octanol–water partition coefficient (Wildman–Crippen LogP) is 2.03. The third-order valence-corrected chi connectivity index (χ3v) is 2.90. The second-order valence-corrected chi connectivity index (χ2v) is 4.72. The van der Waals surface area contributed by atoms with Crippen LogP contribution >= 0.6 is 0 Å². The number of nitrogens with one attached hydrogen (secondary N) is 1. The standard InChI is InChI=1S/C13H22N2O/c1-13(2,16-4)9-12(14-3)8-11-6-5-7-15-10-11/h5-7,10,12,14H,8-9H2,1-4H3. The van der Waals surface area contributed by atoms with Gasteiger partial charge in [-0.25, -0.2) is 0 Å². The topological polar surface area (TPSA) is 34.2 Å². The Morgan fingerprint density at radius 2 is 2.25 bits per heavy atom. The smallest absolute Gasteiger partial charge is 0.0637 e. The van der Waals surface area contributed by atoms with Gasteiger partial charge in [-0.15, -0.1) is 0 Å². The molecule has 0 radical (unpaired) electrons. The fourth-order valence-corrected chi connectivity index (χ4v) is 1.76. The number of aromatic nitrogens is 1. The molecule has 1 rings (SSSR count). The molecule has 0 bridgehead atoms. The van der Waals surface area contributed by atoms with E-state index in [1.807, 2.05) is 19.3 Å². The van der Waals surface area contributed by atoms with Gasteiger partial charge in [-0.2, -0.15) is 0 Å². The zero-order chi connectivity index (χ0) is 12.0. The Morgan fingerprint density at radius 1 is 1.50 bits per heavy atom. The minimum atomic E-state index is -0.0874. The van der Waals surface area contributed by atoms with Gasteiger partial charge in [-0.3, -0.25) is 4.98 Å². The number of pyridine rings is 1. The van der Waals surface area contributed by atoms with Crippen LogP contribution < -0.4 is 5.32 Å². The molecule has 0 aromatic carbocycles. The van der Waals surface area contributed by atoms with Crippen molar-refractivity contribution in [2.75, 3.05) is 14.2 Å². The Labute approximate surface area is 98.2 Å². The van der Waals surface area contributed by atoms with Crippen molar-refractivity contribution < 1.29 is 4.74 Å². The lowest BCUT2D eigenvalue weighted by atomic mass is 9.94. The van der Waals surface area contributed by atoms with Gasteiger partial charge in [0.1, 0.15) is 0 Å². The van der Waals surface area contributed by atoms with Crippen molar-refractivity contribution in [3.8, 4) is 0 Å². The minimum Gasteiger partial charge on any atom is -0.379 e. The molecular weight excluding hydrogens is 200 g/mol. The van der Waals surface area contributed by atoms with E-state index in [-0.39, 0.29) is 5.60 Å². The minimum absolute atomic E-state index is 0.0874. The Bertz CT molecular complexity index is 298. The molecule has 0 saturated heterocycles. The van der Waals surface area contributed by atoms with Gasteiger partial charge in [-0.1, -0.05) is 6.07 Å². The first-order valence-corrected chi connectivity index (χ1v) is 5.69. The monoisotopic (exact) mass is 222 g/mol. The van der Waals surface area contributed by atoms with Crippen LogP contribution in [-0.4, -0.2) is 30.8 Å². The molecule has 0 amide bonds. The number of likely N-dealkylation sites (N-methyl/N-ethyl adjacent to an activating group) is 1. The van der Waals surface area contributed by atoms with Gasteiger partial charge in [0.15, 0.2) is 0 Å². The lowest BCUT2D eigenvalue weighted by molar-refractivity contribution is 0.00772. The summed E-state index contributed by atoms with van der Waals surface area (Å²) in [7, 11) is 3.75. The first-order chi connectivity index (χ1) is 7.57. The Morgan fingerprint density at radius 3 is 2.75 bits per heavy atom. The van der Waals surface area contributed by atoms with Crippen molar-refractivity contribution in [1.82, 2.24) is 10.3 Å². The highest BCUT2D eigenvalue weighted by Crippen LogP contribution is 2.17. The van der Waals surface area contributed by atoms with Crippen LogP contribution in [0.4, 0.5) is 0 Å². The van der Waals surface area contributed by atoms with E-state index in [0.717, 1.165) is 12.8 Å². The molecule has 0 aliphatic rings. The van der Waals surface area contributed by atoms with E-state index in [0.29, 0.717) is 6.04 Å². The summed E-state index contributed by atoms with van der Waals surface area (Å²) in [4.78, 5) is 4.13. The molecule has 90 valence electrons. The molecule has 0 fully saturated rings. The molecule has 0 saturated carbocycles. The first-order valence-electron chi connectivity index (χ1n) is 5.69. The molecule has 0 spiro atoms. The van der Waals surface area contributed by atoms with Crippen molar-refractivity contribution in [2.45, 2.75) is 38.3 Å². The van der Waals surface area contributed by atoms with Crippen LogP contribution in [0.15, 0.2) is 24.5 Å². The quantitative estimate of drug-likeness (QED) is 0.799. The van der Waals surface area contributed by atoms with Crippen LogP contribution in [0, 0.1) is 0 Å². The summed E-state index contributed by atoms with van der Waals surface area (Å²) in [5.74, 6) is 0. The van der Waals surface area contributed by atoms with E-state index in [1.54, 1.807) is 13.3 Å². The molecular formula is C13H22N2O. The molecule has 1 aromatic rings. The number of hydrogen-bond donors (Lipinski definition) is 1. The molecule has 1 heterocycles. The summed E-state index contributed by atoms with van der Waals surface area (Å²) in [5, 5.41) is 3.33. The van der Waals surface area contributed by atoms with Crippen molar-refractivity contribution in [2.24, 2.45) is 0 Å². The van der Waals surface area contributed by atoms with Crippen molar-refractivity contribution in [3.63, 3.8) is 0 Å². The number of rotatable bonds is 6. The molecule has 1 atom stereocenters. The van der Waals surface area contributed by atoms with Crippen molar-refractivity contribution in [3.05, 3.63) is 30.1 Å². The van der Waals surface area contributed by atoms with Crippen molar-refractivity contribution >= 4 is 0 Å². The van der Waals surface area contributed by atoms with Crippen LogP contribution in [0.5, 0.6) is 0 Å². The van der Waals surface area contributed by atoms with Crippen LogP contribution in [-0.2, 0) is 11.2 Å². The molecule has 0 aliphatic carbocycles. The van der Waals surface area contributed by atoms with Gasteiger partial charge in [0, 0.05) is 25.5 Å².